The van der Waals surface area contributed by atoms with Crippen LogP contribution in [-0.4, -0.2) is 0 Å². The molecule has 9 aromatic rings. The topological polar surface area (TPSA) is 29.3 Å². The highest BCUT2D eigenvalue weighted by Crippen LogP contribution is 2.47. The molecule has 0 radical (unpaired) electrons. The molecule has 0 aliphatic heterocycles. The van der Waals surface area contributed by atoms with Crippen LogP contribution >= 0.6 is 0 Å². The molecule has 0 unspecified atom stereocenters. The van der Waals surface area contributed by atoms with Crippen LogP contribution < -0.4 is 10.6 Å². The smallest absolute Gasteiger partial charge is 0.0540 e. The van der Waals surface area contributed by atoms with E-state index in [4.69, 9.17) is 5.73 Å². The number of benzene rings is 9. The molecule has 0 saturated carbocycles. The van der Waals surface area contributed by atoms with E-state index in [-0.39, 0.29) is 0 Å². The average Bonchev–Trinajstić information content (AvgIpc) is 3.18. The number of nitrogens with two attached hydrogens (primary N) is 1. The van der Waals surface area contributed by atoms with Gasteiger partial charge in [0.15, 0.2) is 0 Å². The van der Waals surface area contributed by atoms with E-state index in [9.17, 15) is 0 Å². The minimum absolute atomic E-state index is 0.786. The number of para-hydroxylation sites is 1. The monoisotopic (exact) mass is 638 g/mol. The Morgan fingerprint density at radius 1 is 0.340 bits per heavy atom. The summed E-state index contributed by atoms with van der Waals surface area (Å²) in [6, 6.07) is 69.2. The molecule has 0 aliphatic carbocycles. The van der Waals surface area contributed by atoms with Crippen LogP contribution in [0.15, 0.2) is 194 Å². The zero-order valence-electron chi connectivity index (χ0n) is 27.5. The van der Waals surface area contributed by atoms with Crippen molar-refractivity contribution in [2.45, 2.75) is 0 Å². The molecule has 0 amide bonds. The SMILES string of the molecule is Nc1cccc2c(-c3ccccc3)c3cc(-c4ccc(N(c5ccccc5)c5cccc6ccccc56)cc4)ccc3c(-c3ccccc3)c12. The highest BCUT2D eigenvalue weighted by atomic mass is 15.1. The van der Waals surface area contributed by atoms with Gasteiger partial charge in [-0.25, -0.2) is 0 Å². The van der Waals surface area contributed by atoms with Gasteiger partial charge in [-0.05, 0) is 97.4 Å². The molecule has 0 fully saturated rings. The van der Waals surface area contributed by atoms with Gasteiger partial charge in [0.05, 0.1) is 5.69 Å². The van der Waals surface area contributed by atoms with Crippen molar-refractivity contribution in [3.05, 3.63) is 194 Å². The predicted octanol–water partition coefficient (Wildman–Crippen LogP) is 13.2. The van der Waals surface area contributed by atoms with E-state index >= 15 is 0 Å². The zero-order chi connectivity index (χ0) is 33.4. The third-order valence-electron chi connectivity index (χ3n) is 9.78. The molecule has 50 heavy (non-hydrogen) atoms. The van der Waals surface area contributed by atoms with Crippen LogP contribution in [0.3, 0.4) is 0 Å². The van der Waals surface area contributed by atoms with E-state index in [1.165, 1.54) is 43.8 Å². The summed E-state index contributed by atoms with van der Waals surface area (Å²) >= 11 is 0. The summed E-state index contributed by atoms with van der Waals surface area (Å²) in [7, 11) is 0. The standard InChI is InChI=1S/C48H34N2/c49-44-24-13-23-42-46(35-15-4-1-5-16-35)43-32-37(28-31-41(43)47(48(42)44)36-17-6-2-7-18-36)33-26-29-39(30-27-33)50(38-20-8-3-9-21-38)45-25-12-19-34-14-10-11-22-40(34)45/h1-32H,49H2. The first kappa shape index (κ1) is 29.5. The highest BCUT2D eigenvalue weighted by molar-refractivity contribution is 6.24. The second kappa shape index (κ2) is 12.4. The van der Waals surface area contributed by atoms with Crippen molar-refractivity contribution in [1.82, 2.24) is 0 Å². The zero-order valence-corrected chi connectivity index (χ0v) is 27.5. The summed E-state index contributed by atoms with van der Waals surface area (Å²) < 4.78 is 0. The van der Waals surface area contributed by atoms with Crippen LogP contribution in [-0.2, 0) is 0 Å². The van der Waals surface area contributed by atoms with Crippen LogP contribution in [0.4, 0.5) is 22.7 Å². The number of anilines is 4. The first-order valence-corrected chi connectivity index (χ1v) is 17.1. The molecule has 236 valence electrons. The van der Waals surface area contributed by atoms with Gasteiger partial charge in [0, 0.05) is 27.8 Å². The molecule has 0 saturated heterocycles. The number of nitrogen functional groups attached to an aromatic ring is 1. The van der Waals surface area contributed by atoms with Crippen molar-refractivity contribution in [3.8, 4) is 33.4 Å². The Bertz CT molecular complexity index is 2620. The number of rotatable bonds is 6. The quantitative estimate of drug-likeness (QED) is 0.145. The van der Waals surface area contributed by atoms with Crippen LogP contribution in [0.5, 0.6) is 0 Å². The van der Waals surface area contributed by atoms with Crippen LogP contribution in [0, 0.1) is 0 Å². The van der Waals surface area contributed by atoms with Gasteiger partial charge in [-0.1, -0.05) is 152 Å². The van der Waals surface area contributed by atoms with Crippen LogP contribution in [0.2, 0.25) is 0 Å². The van der Waals surface area contributed by atoms with Gasteiger partial charge in [-0.3, -0.25) is 0 Å². The Morgan fingerprint density at radius 2 is 0.900 bits per heavy atom. The van der Waals surface area contributed by atoms with Gasteiger partial charge < -0.3 is 10.6 Å². The predicted molar refractivity (Wildman–Crippen MR) is 214 cm³/mol. The van der Waals surface area contributed by atoms with Gasteiger partial charge in [0.2, 0.25) is 0 Å². The van der Waals surface area contributed by atoms with E-state index in [1.54, 1.807) is 0 Å². The van der Waals surface area contributed by atoms with Gasteiger partial charge in [-0.15, -0.1) is 0 Å². The molecule has 9 aromatic carbocycles. The number of hydrogen-bond donors (Lipinski definition) is 1. The molecule has 0 bridgehead atoms. The summed E-state index contributed by atoms with van der Waals surface area (Å²) in [5.41, 5.74) is 18.0. The lowest BCUT2D eigenvalue weighted by Gasteiger charge is -2.27. The fourth-order valence-electron chi connectivity index (χ4n) is 7.52. The molecular formula is C48H34N2. The summed E-state index contributed by atoms with van der Waals surface area (Å²) in [6.07, 6.45) is 0. The van der Waals surface area contributed by atoms with Crippen molar-refractivity contribution in [2.75, 3.05) is 10.6 Å². The lowest BCUT2D eigenvalue weighted by atomic mass is 9.84. The lowest BCUT2D eigenvalue weighted by Crippen LogP contribution is -2.10. The molecular weight excluding hydrogens is 605 g/mol. The van der Waals surface area contributed by atoms with E-state index in [0.717, 1.165) is 44.6 Å². The maximum atomic E-state index is 6.80. The first-order chi connectivity index (χ1) is 24.7. The molecule has 2 heteroatoms. The van der Waals surface area contributed by atoms with Crippen molar-refractivity contribution >= 4 is 55.1 Å². The normalized spacial score (nSPS) is 11.3. The molecule has 2 N–H and O–H groups in total. The summed E-state index contributed by atoms with van der Waals surface area (Å²) in [4.78, 5) is 2.35. The van der Waals surface area contributed by atoms with E-state index in [1.807, 2.05) is 6.07 Å². The van der Waals surface area contributed by atoms with Crippen molar-refractivity contribution in [3.63, 3.8) is 0 Å². The Balaban J connectivity index is 1.24. The lowest BCUT2D eigenvalue weighted by molar-refractivity contribution is 1.30. The van der Waals surface area contributed by atoms with Crippen LogP contribution in [0.25, 0.3) is 65.7 Å². The molecule has 0 atom stereocenters. The third-order valence-corrected chi connectivity index (χ3v) is 9.78. The van der Waals surface area contributed by atoms with Gasteiger partial charge in [-0.2, -0.15) is 0 Å². The molecule has 9 rings (SSSR count). The summed E-state index contributed by atoms with van der Waals surface area (Å²) in [5.74, 6) is 0. The minimum Gasteiger partial charge on any atom is -0.398 e. The maximum Gasteiger partial charge on any atom is 0.0540 e. The number of hydrogen-bond acceptors (Lipinski definition) is 2. The van der Waals surface area contributed by atoms with Crippen molar-refractivity contribution < 1.29 is 0 Å². The third kappa shape index (κ3) is 5.06. The maximum absolute atomic E-state index is 6.80. The number of nitrogens with zero attached hydrogens (tertiary/aromatic N) is 1. The summed E-state index contributed by atoms with van der Waals surface area (Å²) in [6.45, 7) is 0. The summed E-state index contributed by atoms with van der Waals surface area (Å²) in [5, 5.41) is 7.08. The van der Waals surface area contributed by atoms with E-state index in [2.05, 4.69) is 193 Å². The molecule has 0 heterocycles. The van der Waals surface area contributed by atoms with Gasteiger partial charge in [0.25, 0.3) is 0 Å². The largest absolute Gasteiger partial charge is 0.398 e. The van der Waals surface area contributed by atoms with Crippen LogP contribution in [0.1, 0.15) is 0 Å². The van der Waals surface area contributed by atoms with Crippen molar-refractivity contribution in [2.24, 2.45) is 0 Å². The second-order valence-corrected chi connectivity index (χ2v) is 12.7. The Kier molecular flexibility index (Phi) is 7.33. The molecule has 0 aromatic heterocycles. The van der Waals surface area contributed by atoms with Gasteiger partial charge in [0.1, 0.15) is 0 Å². The van der Waals surface area contributed by atoms with Crippen molar-refractivity contribution in [1.29, 1.82) is 0 Å². The fourth-order valence-corrected chi connectivity index (χ4v) is 7.52. The highest BCUT2D eigenvalue weighted by Gasteiger charge is 2.20. The molecule has 0 spiro atoms. The Hall–Kier alpha value is -6.64. The second-order valence-electron chi connectivity index (χ2n) is 12.7. The number of fused-ring (bicyclic) bond motifs is 3. The van der Waals surface area contributed by atoms with E-state index in [0.29, 0.717) is 0 Å². The van der Waals surface area contributed by atoms with E-state index < -0.39 is 0 Å². The minimum atomic E-state index is 0.786. The average molecular weight is 639 g/mol. The molecule has 0 aliphatic rings. The Labute approximate surface area is 292 Å². The Morgan fingerprint density at radius 3 is 1.64 bits per heavy atom. The first-order valence-electron chi connectivity index (χ1n) is 17.1. The van der Waals surface area contributed by atoms with Gasteiger partial charge >= 0.3 is 0 Å². The molecule has 2 nitrogen and oxygen atoms in total. The fraction of sp³-hybridized carbons (Fsp3) is 0.